The molecule has 2 unspecified atom stereocenters. The van der Waals surface area contributed by atoms with Gasteiger partial charge >= 0.3 is 0 Å². The number of rotatable bonds is 3. The zero-order chi connectivity index (χ0) is 9.26. The largest absolute Gasteiger partial charge is 0.343 e. The van der Waals surface area contributed by atoms with E-state index in [-0.39, 0.29) is 0 Å². The minimum Gasteiger partial charge on any atom is -0.343 e. The Balaban J connectivity index is 1.66. The van der Waals surface area contributed by atoms with Crippen LogP contribution in [0.15, 0.2) is 0 Å². The molecule has 2 rings (SSSR count). The van der Waals surface area contributed by atoms with Crippen LogP contribution in [-0.4, -0.2) is 23.9 Å². The molecule has 0 spiro atoms. The van der Waals surface area contributed by atoms with Crippen LogP contribution in [0.25, 0.3) is 0 Å². The third-order valence-electron chi connectivity index (χ3n) is 3.46. The van der Waals surface area contributed by atoms with Crippen LogP contribution in [-0.2, 0) is 4.79 Å². The van der Waals surface area contributed by atoms with Crippen LogP contribution in [0.5, 0.6) is 0 Å². The Hall–Kier alpha value is -0.530. The van der Waals surface area contributed by atoms with Crippen LogP contribution in [0.2, 0.25) is 0 Å². The first-order valence-corrected chi connectivity index (χ1v) is 5.55. The molecule has 2 heteroatoms. The molecule has 1 heterocycles. The van der Waals surface area contributed by atoms with Crippen molar-refractivity contribution >= 4 is 5.91 Å². The van der Waals surface area contributed by atoms with E-state index in [0.717, 1.165) is 37.8 Å². The molecule has 0 bridgehead atoms. The summed E-state index contributed by atoms with van der Waals surface area (Å²) in [5.74, 6) is 2.16. The van der Waals surface area contributed by atoms with Gasteiger partial charge in [0.15, 0.2) is 0 Å². The normalized spacial score (nSPS) is 32.2. The van der Waals surface area contributed by atoms with Gasteiger partial charge in [-0.3, -0.25) is 4.79 Å². The second-order valence-corrected chi connectivity index (χ2v) is 4.60. The van der Waals surface area contributed by atoms with Gasteiger partial charge in [-0.15, -0.1) is 0 Å². The summed E-state index contributed by atoms with van der Waals surface area (Å²) in [7, 11) is 0. The van der Waals surface area contributed by atoms with E-state index in [4.69, 9.17) is 0 Å². The summed E-state index contributed by atoms with van der Waals surface area (Å²) in [5, 5.41) is 0. The maximum atomic E-state index is 11.6. The van der Waals surface area contributed by atoms with Crippen molar-refractivity contribution < 1.29 is 4.79 Å². The molecule has 0 N–H and O–H groups in total. The third kappa shape index (κ3) is 2.23. The Labute approximate surface area is 80.3 Å². The Morgan fingerprint density at radius 1 is 1.38 bits per heavy atom. The maximum absolute atomic E-state index is 11.6. The SMILES string of the molecule is CC1CC1CCC(=O)N1CCCC1. The van der Waals surface area contributed by atoms with Crippen molar-refractivity contribution in [1.82, 2.24) is 4.90 Å². The molecule has 1 aliphatic heterocycles. The Morgan fingerprint density at radius 2 is 2.00 bits per heavy atom. The highest BCUT2D eigenvalue weighted by Crippen LogP contribution is 2.41. The molecule has 1 saturated heterocycles. The molecule has 2 aliphatic rings. The number of carbonyl (C=O) groups is 1. The van der Waals surface area contributed by atoms with E-state index in [0.29, 0.717) is 5.91 Å². The molecule has 1 saturated carbocycles. The fraction of sp³-hybridized carbons (Fsp3) is 0.909. The average molecular weight is 181 g/mol. The van der Waals surface area contributed by atoms with Crippen molar-refractivity contribution in [1.29, 1.82) is 0 Å². The molecule has 1 aliphatic carbocycles. The van der Waals surface area contributed by atoms with Gasteiger partial charge in [0.25, 0.3) is 0 Å². The number of hydrogen-bond donors (Lipinski definition) is 0. The molecule has 13 heavy (non-hydrogen) atoms. The maximum Gasteiger partial charge on any atom is 0.222 e. The first kappa shape index (κ1) is 9.04. The molecule has 1 amide bonds. The zero-order valence-electron chi connectivity index (χ0n) is 8.46. The minimum atomic E-state index is 0.400. The van der Waals surface area contributed by atoms with Crippen LogP contribution in [0.4, 0.5) is 0 Å². The molecule has 0 aromatic heterocycles. The van der Waals surface area contributed by atoms with Crippen molar-refractivity contribution in [3.8, 4) is 0 Å². The Kier molecular flexibility index (Phi) is 2.56. The standard InChI is InChI=1S/C11H19NO/c1-9-8-10(9)4-5-11(13)12-6-2-3-7-12/h9-10H,2-8H2,1H3. The van der Waals surface area contributed by atoms with E-state index in [1.165, 1.54) is 19.3 Å². The summed E-state index contributed by atoms with van der Waals surface area (Å²) in [6.45, 7) is 4.31. The summed E-state index contributed by atoms with van der Waals surface area (Å²) in [5.41, 5.74) is 0. The van der Waals surface area contributed by atoms with E-state index in [1.54, 1.807) is 0 Å². The summed E-state index contributed by atoms with van der Waals surface area (Å²) in [6.07, 6.45) is 5.72. The van der Waals surface area contributed by atoms with E-state index in [1.807, 2.05) is 4.90 Å². The number of likely N-dealkylation sites (tertiary alicyclic amines) is 1. The van der Waals surface area contributed by atoms with Gasteiger partial charge in [0, 0.05) is 19.5 Å². The Bertz CT molecular complexity index is 196. The molecule has 74 valence electrons. The van der Waals surface area contributed by atoms with Gasteiger partial charge in [0.05, 0.1) is 0 Å². The number of amides is 1. The fourth-order valence-corrected chi connectivity index (χ4v) is 2.23. The van der Waals surface area contributed by atoms with Crippen LogP contribution in [0, 0.1) is 11.8 Å². The number of nitrogens with zero attached hydrogens (tertiary/aromatic N) is 1. The van der Waals surface area contributed by atoms with Crippen molar-refractivity contribution in [2.45, 2.75) is 39.0 Å². The van der Waals surface area contributed by atoms with Gasteiger partial charge in [-0.2, -0.15) is 0 Å². The molecule has 2 fully saturated rings. The monoisotopic (exact) mass is 181 g/mol. The molecule has 0 aromatic carbocycles. The van der Waals surface area contributed by atoms with Crippen molar-refractivity contribution in [2.75, 3.05) is 13.1 Å². The van der Waals surface area contributed by atoms with Gasteiger partial charge in [0.2, 0.25) is 5.91 Å². The summed E-state index contributed by atoms with van der Waals surface area (Å²) >= 11 is 0. The highest BCUT2D eigenvalue weighted by Gasteiger charge is 2.32. The highest BCUT2D eigenvalue weighted by atomic mass is 16.2. The predicted octanol–water partition coefficient (Wildman–Crippen LogP) is 2.04. The van der Waals surface area contributed by atoms with Gasteiger partial charge in [-0.1, -0.05) is 6.92 Å². The first-order chi connectivity index (χ1) is 6.27. The first-order valence-electron chi connectivity index (χ1n) is 5.55. The quantitative estimate of drug-likeness (QED) is 0.652. The average Bonchev–Trinajstić information content (AvgIpc) is 2.67. The van der Waals surface area contributed by atoms with E-state index < -0.39 is 0 Å². The smallest absolute Gasteiger partial charge is 0.222 e. The number of hydrogen-bond acceptors (Lipinski definition) is 1. The van der Waals surface area contributed by atoms with Crippen LogP contribution < -0.4 is 0 Å². The van der Waals surface area contributed by atoms with Crippen molar-refractivity contribution in [3.05, 3.63) is 0 Å². The molecular formula is C11H19NO. The van der Waals surface area contributed by atoms with Crippen molar-refractivity contribution in [3.63, 3.8) is 0 Å². The molecule has 0 aromatic rings. The lowest BCUT2D eigenvalue weighted by Crippen LogP contribution is -2.27. The van der Waals surface area contributed by atoms with Gasteiger partial charge in [0.1, 0.15) is 0 Å². The highest BCUT2D eigenvalue weighted by molar-refractivity contribution is 5.76. The minimum absolute atomic E-state index is 0.400. The third-order valence-corrected chi connectivity index (χ3v) is 3.46. The topological polar surface area (TPSA) is 20.3 Å². The molecule has 2 nitrogen and oxygen atoms in total. The second-order valence-electron chi connectivity index (χ2n) is 4.60. The van der Waals surface area contributed by atoms with Crippen LogP contribution >= 0.6 is 0 Å². The van der Waals surface area contributed by atoms with Crippen LogP contribution in [0.1, 0.15) is 39.0 Å². The second kappa shape index (κ2) is 3.69. The van der Waals surface area contributed by atoms with Gasteiger partial charge in [-0.25, -0.2) is 0 Å². The summed E-state index contributed by atoms with van der Waals surface area (Å²) in [4.78, 5) is 13.6. The van der Waals surface area contributed by atoms with Gasteiger partial charge < -0.3 is 4.90 Å². The van der Waals surface area contributed by atoms with Crippen LogP contribution in [0.3, 0.4) is 0 Å². The summed E-state index contributed by atoms with van der Waals surface area (Å²) in [6, 6.07) is 0. The Morgan fingerprint density at radius 3 is 2.54 bits per heavy atom. The molecule has 0 radical (unpaired) electrons. The predicted molar refractivity (Wildman–Crippen MR) is 52.3 cm³/mol. The number of carbonyl (C=O) groups excluding carboxylic acids is 1. The molecular weight excluding hydrogens is 162 g/mol. The summed E-state index contributed by atoms with van der Waals surface area (Å²) < 4.78 is 0. The van der Waals surface area contributed by atoms with E-state index in [9.17, 15) is 4.79 Å². The van der Waals surface area contributed by atoms with E-state index >= 15 is 0 Å². The lowest BCUT2D eigenvalue weighted by molar-refractivity contribution is -0.130. The lowest BCUT2D eigenvalue weighted by Gasteiger charge is -2.14. The lowest BCUT2D eigenvalue weighted by atomic mass is 10.2. The fourth-order valence-electron chi connectivity index (χ4n) is 2.23. The van der Waals surface area contributed by atoms with Gasteiger partial charge in [-0.05, 0) is 37.5 Å². The van der Waals surface area contributed by atoms with E-state index in [2.05, 4.69) is 6.92 Å². The molecule has 2 atom stereocenters. The zero-order valence-corrected chi connectivity index (χ0v) is 8.46. The van der Waals surface area contributed by atoms with Crippen molar-refractivity contribution in [2.24, 2.45) is 11.8 Å².